The van der Waals surface area contributed by atoms with Crippen LogP contribution in [0, 0.1) is 24.5 Å². The number of nitrogen functional groups attached to an aromatic ring is 1. The van der Waals surface area contributed by atoms with Crippen LogP contribution in [0.1, 0.15) is 58.6 Å². The van der Waals surface area contributed by atoms with Gasteiger partial charge in [-0.3, -0.25) is 14.5 Å². The molecule has 5 aromatic rings. The maximum absolute atomic E-state index is 13.9. The zero-order valence-electron chi connectivity index (χ0n) is 30.0. The summed E-state index contributed by atoms with van der Waals surface area (Å²) in [4.78, 5) is 26.2. The molecule has 5 N–H and O–H groups in total. The molecular formula is C42H44F2N4O5. The number of carboxylic acids is 1. The van der Waals surface area contributed by atoms with Gasteiger partial charge in [0.05, 0.1) is 17.6 Å². The second-order valence-corrected chi connectivity index (χ2v) is 13.9. The molecule has 1 amide bonds. The number of amides is 1. The van der Waals surface area contributed by atoms with Crippen LogP contribution in [0.25, 0.3) is 22.5 Å². The number of nitrogens with two attached hydrogens (primary N) is 1. The van der Waals surface area contributed by atoms with E-state index in [4.69, 9.17) is 10.3 Å². The first kappa shape index (κ1) is 37.4. The third-order valence-corrected chi connectivity index (χ3v) is 10.5. The smallest absolute Gasteiger partial charge is 0.309 e. The highest BCUT2D eigenvalue weighted by Gasteiger charge is 2.38. The first-order chi connectivity index (χ1) is 25.4. The molecule has 276 valence electrons. The molecular weight excluding hydrogens is 678 g/mol. The van der Waals surface area contributed by atoms with E-state index in [0.717, 1.165) is 31.0 Å². The largest absolute Gasteiger partial charge is 0.481 e. The van der Waals surface area contributed by atoms with E-state index in [1.165, 1.54) is 51.1 Å². The fraction of sp³-hybridized carbons (Fsp3) is 0.310. The Morgan fingerprint density at radius 1 is 0.981 bits per heavy atom. The van der Waals surface area contributed by atoms with Gasteiger partial charge in [0.15, 0.2) is 11.5 Å². The summed E-state index contributed by atoms with van der Waals surface area (Å²) in [5.74, 6) is -4.23. The fourth-order valence-electron chi connectivity index (χ4n) is 7.25. The van der Waals surface area contributed by atoms with Gasteiger partial charge in [0.25, 0.3) is 5.91 Å². The molecule has 0 bridgehead atoms. The second kappa shape index (κ2) is 16.1. The number of aliphatic hydroxyl groups excluding tert-OH is 1. The molecule has 1 aliphatic heterocycles. The molecule has 11 heteroatoms. The minimum absolute atomic E-state index is 0.0481. The van der Waals surface area contributed by atoms with Crippen LogP contribution < -0.4 is 11.1 Å². The molecule has 7 rings (SSSR count). The van der Waals surface area contributed by atoms with Crippen molar-refractivity contribution >= 4 is 17.6 Å². The number of carbonyl (C=O) groups is 2. The zero-order valence-corrected chi connectivity index (χ0v) is 30.0. The number of carbonyl (C=O) groups excluding carboxylic acids is 1. The van der Waals surface area contributed by atoms with Crippen molar-refractivity contribution in [3.8, 4) is 22.5 Å². The van der Waals surface area contributed by atoms with Crippen LogP contribution in [-0.2, 0) is 24.1 Å². The number of rotatable bonds is 9. The number of carboxylic acid groups (broad SMARTS) is 1. The van der Waals surface area contributed by atoms with Gasteiger partial charge in [-0.05, 0) is 91.1 Å². The average molecular weight is 723 g/mol. The molecule has 4 aromatic carbocycles. The summed E-state index contributed by atoms with van der Waals surface area (Å²) >= 11 is 0. The molecule has 0 saturated carbocycles. The Morgan fingerprint density at radius 2 is 1.72 bits per heavy atom. The highest BCUT2D eigenvalue weighted by molar-refractivity contribution is 5.93. The van der Waals surface area contributed by atoms with Crippen molar-refractivity contribution in [1.82, 2.24) is 15.4 Å². The number of piperidine rings is 1. The Labute approximate surface area is 307 Å². The van der Waals surface area contributed by atoms with E-state index in [0.29, 0.717) is 19.0 Å². The van der Waals surface area contributed by atoms with Crippen LogP contribution >= 0.6 is 0 Å². The van der Waals surface area contributed by atoms with Crippen molar-refractivity contribution in [3.05, 3.63) is 130 Å². The maximum atomic E-state index is 13.9. The number of hydrogen-bond acceptors (Lipinski definition) is 7. The number of fused-ring (bicyclic) bond motifs is 3. The number of aliphatic carboxylic acids is 1. The number of benzene rings is 4. The predicted octanol–water partition coefficient (Wildman–Crippen LogP) is 6.83. The molecule has 0 radical (unpaired) electrons. The first-order valence-corrected chi connectivity index (χ1v) is 17.8. The van der Waals surface area contributed by atoms with Crippen LogP contribution in [-0.4, -0.2) is 63.4 Å². The summed E-state index contributed by atoms with van der Waals surface area (Å²) in [6.07, 6.45) is 2.77. The van der Waals surface area contributed by atoms with Crippen molar-refractivity contribution in [3.63, 3.8) is 0 Å². The molecule has 0 unspecified atom stereocenters. The van der Waals surface area contributed by atoms with Crippen molar-refractivity contribution in [1.29, 1.82) is 0 Å². The number of aryl methyl sites for hydroxylation is 2. The second-order valence-electron chi connectivity index (χ2n) is 13.9. The number of anilines is 1. The number of hydrogen-bond donors (Lipinski definition) is 4. The van der Waals surface area contributed by atoms with Gasteiger partial charge < -0.3 is 25.8 Å². The molecule has 1 saturated heterocycles. The molecule has 4 atom stereocenters. The Kier molecular flexibility index (Phi) is 11.4. The number of aromatic nitrogens is 1. The summed E-state index contributed by atoms with van der Waals surface area (Å²) < 4.78 is 32.0. The number of likely N-dealkylation sites (tertiary alicyclic amines) is 1. The molecule has 1 fully saturated rings. The molecule has 53 heavy (non-hydrogen) atoms. The highest BCUT2D eigenvalue weighted by atomic mass is 19.1. The van der Waals surface area contributed by atoms with Crippen molar-refractivity contribution in [2.45, 2.75) is 64.6 Å². The van der Waals surface area contributed by atoms with Gasteiger partial charge in [0.2, 0.25) is 0 Å². The van der Waals surface area contributed by atoms with Gasteiger partial charge in [-0.2, -0.15) is 0 Å². The van der Waals surface area contributed by atoms with E-state index in [1.54, 1.807) is 6.92 Å². The van der Waals surface area contributed by atoms with Crippen molar-refractivity contribution in [2.75, 3.05) is 18.8 Å². The first-order valence-electron chi connectivity index (χ1n) is 17.8. The maximum Gasteiger partial charge on any atom is 0.309 e. The van der Waals surface area contributed by atoms with Crippen LogP contribution in [0.15, 0.2) is 89.5 Å². The minimum atomic E-state index is -1.06. The molecule has 9 nitrogen and oxygen atoms in total. The summed E-state index contributed by atoms with van der Waals surface area (Å²) in [7, 11) is 0. The van der Waals surface area contributed by atoms with Gasteiger partial charge in [0.1, 0.15) is 11.6 Å². The van der Waals surface area contributed by atoms with Crippen LogP contribution in [0.4, 0.5) is 14.5 Å². The van der Waals surface area contributed by atoms with Gasteiger partial charge in [-0.15, -0.1) is 0 Å². The lowest BCUT2D eigenvalue weighted by Crippen LogP contribution is -2.56. The minimum Gasteiger partial charge on any atom is -0.481 e. The Bertz CT molecular complexity index is 2100. The van der Waals surface area contributed by atoms with E-state index in [-0.39, 0.29) is 29.6 Å². The molecule has 1 aliphatic carbocycles. The van der Waals surface area contributed by atoms with Crippen LogP contribution in [0.5, 0.6) is 0 Å². The summed E-state index contributed by atoms with van der Waals surface area (Å²) in [5.41, 5.74) is 16.8. The summed E-state index contributed by atoms with van der Waals surface area (Å²) in [5, 5.41) is 25.6. The topological polar surface area (TPSA) is 142 Å². The highest BCUT2D eigenvalue weighted by Crippen LogP contribution is 2.42. The number of halogens is 2. The quantitative estimate of drug-likeness (QED) is 0.119. The third kappa shape index (κ3) is 8.32. The van der Waals surface area contributed by atoms with E-state index in [9.17, 15) is 28.6 Å². The molecule has 2 aliphatic rings. The zero-order chi connectivity index (χ0) is 37.8. The average Bonchev–Trinajstić information content (AvgIpc) is 3.78. The standard InChI is InChI=1S/C22H21N.C20H23F2N3O5/c1-15-13-20-19-10-6-5-9-17(19)14-21(20)22(23)18(15)12-11-16-7-3-2-4-8-16;1-10(11(2)26)25-6-5-16(14(9-25)20(28)29)23-19(27)17-8-18(30-24-17)13-4-3-12(21)7-15(13)22/h2-10,13H,11-12,14,23H2,1H3;3-4,7-8,10-11,14,16,26H,5-6,9H2,1-2H3,(H,23,27)(H,28,29)/t;10-,11-,14+,16+/m.1/s1. The van der Waals surface area contributed by atoms with Crippen molar-refractivity contribution in [2.24, 2.45) is 5.92 Å². The third-order valence-electron chi connectivity index (χ3n) is 10.5. The summed E-state index contributed by atoms with van der Waals surface area (Å²) in [6, 6.07) is 24.9. The Morgan fingerprint density at radius 3 is 2.43 bits per heavy atom. The van der Waals surface area contributed by atoms with Gasteiger partial charge >= 0.3 is 5.97 Å². The van der Waals surface area contributed by atoms with Crippen LogP contribution in [0.3, 0.4) is 0 Å². The predicted molar refractivity (Wildman–Crippen MR) is 199 cm³/mol. The van der Waals surface area contributed by atoms with Gasteiger partial charge in [-0.25, -0.2) is 8.78 Å². The lowest BCUT2D eigenvalue weighted by atomic mass is 9.90. The number of nitrogens with one attached hydrogen (secondary N) is 1. The molecule has 1 aromatic heterocycles. The monoisotopic (exact) mass is 722 g/mol. The van der Waals surface area contributed by atoms with Gasteiger partial charge in [-0.1, -0.05) is 65.8 Å². The summed E-state index contributed by atoms with van der Waals surface area (Å²) in [6.45, 7) is 6.33. The Balaban J connectivity index is 0.000000187. The van der Waals surface area contributed by atoms with Gasteiger partial charge in [0, 0.05) is 49.4 Å². The van der Waals surface area contributed by atoms with E-state index >= 15 is 0 Å². The normalized spacial score (nSPS) is 17.5. The van der Waals surface area contributed by atoms with E-state index in [1.807, 2.05) is 11.8 Å². The van der Waals surface area contributed by atoms with E-state index < -0.39 is 41.6 Å². The fourth-order valence-corrected chi connectivity index (χ4v) is 7.25. The Hall–Kier alpha value is -5.39. The molecule has 0 spiro atoms. The van der Waals surface area contributed by atoms with Crippen molar-refractivity contribution < 1.29 is 33.1 Å². The lowest BCUT2D eigenvalue weighted by Gasteiger charge is -2.40. The van der Waals surface area contributed by atoms with Crippen LogP contribution in [0.2, 0.25) is 0 Å². The number of nitrogens with zero attached hydrogens (tertiary/aromatic N) is 2. The number of aliphatic hydroxyl groups is 1. The SMILES string of the molecule is C[C@H]([C@@H](C)O)N1CC[C@H](NC(=O)c2cc(-c3ccc(F)cc3F)on2)[C@@H](C(=O)O)C1.Cc1cc2c(c(N)c1CCc1ccccc1)Cc1ccccc1-2. The lowest BCUT2D eigenvalue weighted by molar-refractivity contribution is -0.145. The van der Waals surface area contributed by atoms with E-state index in [2.05, 4.69) is 78.1 Å². The molecule has 2 heterocycles.